The van der Waals surface area contributed by atoms with Gasteiger partial charge in [0.1, 0.15) is 11.6 Å². The summed E-state index contributed by atoms with van der Waals surface area (Å²) < 4.78 is 12.7. The molecule has 1 heterocycles. The van der Waals surface area contributed by atoms with Gasteiger partial charge in [-0.3, -0.25) is 0 Å². The maximum Gasteiger partial charge on any atom is 0.138 e. The van der Waals surface area contributed by atoms with Crippen LogP contribution < -0.4 is 5.73 Å². The molecule has 0 saturated carbocycles. The van der Waals surface area contributed by atoms with Crippen molar-refractivity contribution in [2.45, 2.75) is 17.2 Å². The average Bonchev–Trinajstić information content (AvgIpc) is 2.39. The van der Waals surface area contributed by atoms with Crippen molar-refractivity contribution in [1.82, 2.24) is 9.97 Å². The molecule has 0 atom stereocenters. The fourth-order valence-corrected chi connectivity index (χ4v) is 2.01. The second-order valence-corrected chi connectivity index (χ2v) is 4.50. The molecule has 0 saturated heterocycles. The topological polar surface area (TPSA) is 51.8 Å². The number of hydrogen-bond donors (Lipinski definition) is 1. The molecule has 0 amide bonds. The Morgan fingerprint density at radius 1 is 1.12 bits per heavy atom. The third-order valence-electron chi connectivity index (χ3n) is 2.18. The van der Waals surface area contributed by atoms with Crippen LogP contribution in [0.25, 0.3) is 0 Å². The van der Waals surface area contributed by atoms with Crippen LogP contribution in [0.1, 0.15) is 11.4 Å². The van der Waals surface area contributed by atoms with Gasteiger partial charge in [0.25, 0.3) is 0 Å². The van der Waals surface area contributed by atoms with Gasteiger partial charge < -0.3 is 5.73 Å². The van der Waals surface area contributed by atoms with Gasteiger partial charge in [0.15, 0.2) is 0 Å². The molecule has 0 radical (unpaired) electrons. The van der Waals surface area contributed by atoms with Crippen LogP contribution in [0.2, 0.25) is 0 Å². The molecule has 0 unspecified atom stereocenters. The van der Waals surface area contributed by atoms with Crippen molar-refractivity contribution in [3.05, 3.63) is 53.9 Å². The predicted octanol–water partition coefficient (Wildman–Crippen LogP) is 2.37. The quantitative estimate of drug-likeness (QED) is 0.845. The summed E-state index contributed by atoms with van der Waals surface area (Å²) in [6, 6.07) is 6.38. The second-order valence-electron chi connectivity index (χ2n) is 3.45. The summed E-state index contributed by atoms with van der Waals surface area (Å²) in [6.45, 7) is 0.450. The monoisotopic (exact) mass is 249 g/mol. The summed E-state index contributed by atoms with van der Waals surface area (Å²) in [5.41, 5.74) is 6.38. The van der Waals surface area contributed by atoms with E-state index in [1.807, 2.05) is 0 Å². The molecule has 2 rings (SSSR count). The highest BCUT2D eigenvalue weighted by molar-refractivity contribution is 7.98. The Morgan fingerprint density at radius 2 is 1.76 bits per heavy atom. The first-order valence-corrected chi connectivity index (χ1v) is 6.15. The van der Waals surface area contributed by atoms with E-state index in [-0.39, 0.29) is 5.82 Å². The van der Waals surface area contributed by atoms with Gasteiger partial charge in [0.2, 0.25) is 0 Å². The Morgan fingerprint density at radius 3 is 2.35 bits per heavy atom. The number of hydrogen-bond acceptors (Lipinski definition) is 4. The Labute approximate surface area is 103 Å². The maximum absolute atomic E-state index is 12.7. The zero-order chi connectivity index (χ0) is 12.1. The van der Waals surface area contributed by atoms with E-state index in [0.717, 1.165) is 16.3 Å². The van der Waals surface area contributed by atoms with Crippen molar-refractivity contribution in [2.24, 2.45) is 5.73 Å². The van der Waals surface area contributed by atoms with E-state index in [0.29, 0.717) is 12.3 Å². The molecule has 0 spiro atoms. The van der Waals surface area contributed by atoms with Gasteiger partial charge in [-0.1, -0.05) is 0 Å². The van der Waals surface area contributed by atoms with Crippen LogP contribution >= 0.6 is 11.8 Å². The molecule has 1 aromatic carbocycles. The van der Waals surface area contributed by atoms with Crippen LogP contribution in [0.3, 0.4) is 0 Å². The van der Waals surface area contributed by atoms with E-state index in [1.165, 1.54) is 12.1 Å². The molecule has 0 aliphatic rings. The van der Waals surface area contributed by atoms with E-state index in [9.17, 15) is 4.39 Å². The molecule has 2 N–H and O–H groups in total. The molecule has 0 fully saturated rings. The van der Waals surface area contributed by atoms with Gasteiger partial charge in [-0.2, -0.15) is 0 Å². The number of nitrogens with two attached hydrogens (primary N) is 1. The lowest BCUT2D eigenvalue weighted by molar-refractivity contribution is 0.626. The van der Waals surface area contributed by atoms with Crippen LogP contribution in [-0.4, -0.2) is 9.97 Å². The predicted molar refractivity (Wildman–Crippen MR) is 65.9 cm³/mol. The summed E-state index contributed by atoms with van der Waals surface area (Å²) in [7, 11) is 0. The van der Waals surface area contributed by atoms with Crippen LogP contribution in [0, 0.1) is 5.82 Å². The number of nitrogens with zero attached hydrogens (tertiary/aromatic N) is 2. The first-order chi connectivity index (χ1) is 8.28. The van der Waals surface area contributed by atoms with E-state index in [2.05, 4.69) is 9.97 Å². The molecular weight excluding hydrogens is 237 g/mol. The SMILES string of the molecule is NCc1cnc(CSc2ccc(F)cc2)nc1. The molecule has 5 heteroatoms. The molecule has 0 bridgehead atoms. The molecule has 0 aliphatic carbocycles. The number of benzene rings is 1. The van der Waals surface area contributed by atoms with Gasteiger partial charge in [0, 0.05) is 29.4 Å². The minimum Gasteiger partial charge on any atom is -0.326 e. The van der Waals surface area contributed by atoms with Crippen molar-refractivity contribution >= 4 is 11.8 Å². The van der Waals surface area contributed by atoms with Crippen LogP contribution in [-0.2, 0) is 12.3 Å². The first-order valence-electron chi connectivity index (χ1n) is 5.16. The molecule has 1 aromatic heterocycles. The summed E-state index contributed by atoms with van der Waals surface area (Å²) in [5.74, 6) is 1.19. The Kier molecular flexibility index (Phi) is 4.06. The number of thioether (sulfide) groups is 1. The Balaban J connectivity index is 1.95. The number of rotatable bonds is 4. The maximum atomic E-state index is 12.7. The van der Waals surface area contributed by atoms with Crippen LogP contribution in [0.4, 0.5) is 4.39 Å². The van der Waals surface area contributed by atoms with Crippen molar-refractivity contribution < 1.29 is 4.39 Å². The zero-order valence-electron chi connectivity index (χ0n) is 9.14. The molecule has 88 valence electrons. The zero-order valence-corrected chi connectivity index (χ0v) is 9.95. The van der Waals surface area contributed by atoms with Crippen molar-refractivity contribution in [3.63, 3.8) is 0 Å². The van der Waals surface area contributed by atoms with Crippen molar-refractivity contribution in [1.29, 1.82) is 0 Å². The van der Waals surface area contributed by atoms with E-state index in [1.54, 1.807) is 36.3 Å². The minimum atomic E-state index is -0.224. The van der Waals surface area contributed by atoms with Gasteiger partial charge in [-0.05, 0) is 24.3 Å². The highest BCUT2D eigenvalue weighted by Crippen LogP contribution is 2.21. The third-order valence-corrected chi connectivity index (χ3v) is 3.18. The molecule has 3 nitrogen and oxygen atoms in total. The summed E-state index contributed by atoms with van der Waals surface area (Å²) >= 11 is 1.57. The Bertz CT molecular complexity index is 470. The van der Waals surface area contributed by atoms with Crippen molar-refractivity contribution in [2.75, 3.05) is 0 Å². The number of aromatic nitrogens is 2. The van der Waals surface area contributed by atoms with Gasteiger partial charge in [-0.25, -0.2) is 14.4 Å². The van der Waals surface area contributed by atoms with Gasteiger partial charge in [0.05, 0.1) is 5.75 Å². The summed E-state index contributed by atoms with van der Waals surface area (Å²) in [4.78, 5) is 9.39. The van der Waals surface area contributed by atoms with Crippen LogP contribution in [0.15, 0.2) is 41.6 Å². The normalized spacial score (nSPS) is 10.5. The van der Waals surface area contributed by atoms with E-state index >= 15 is 0 Å². The fraction of sp³-hybridized carbons (Fsp3) is 0.167. The highest BCUT2D eigenvalue weighted by atomic mass is 32.2. The lowest BCUT2D eigenvalue weighted by Crippen LogP contribution is -2.00. The fourth-order valence-electron chi connectivity index (χ4n) is 1.24. The lowest BCUT2D eigenvalue weighted by Gasteiger charge is -2.01. The smallest absolute Gasteiger partial charge is 0.138 e. The largest absolute Gasteiger partial charge is 0.326 e. The number of halogens is 1. The molecule has 2 aromatic rings. The molecule has 0 aliphatic heterocycles. The summed E-state index contributed by atoms with van der Waals surface area (Å²) in [6.07, 6.45) is 3.46. The third kappa shape index (κ3) is 3.51. The van der Waals surface area contributed by atoms with Crippen molar-refractivity contribution in [3.8, 4) is 0 Å². The lowest BCUT2D eigenvalue weighted by atomic mass is 10.3. The first kappa shape index (κ1) is 12.0. The molecular formula is C12H12FN3S. The summed E-state index contributed by atoms with van der Waals surface area (Å²) in [5, 5.41) is 0. The highest BCUT2D eigenvalue weighted by Gasteiger charge is 1.99. The molecule has 17 heavy (non-hydrogen) atoms. The van der Waals surface area contributed by atoms with Gasteiger partial charge in [-0.15, -0.1) is 11.8 Å². The average molecular weight is 249 g/mol. The Hall–Kier alpha value is -1.46. The second kappa shape index (κ2) is 5.75. The standard InChI is InChI=1S/C12H12FN3S/c13-10-1-3-11(4-2-10)17-8-12-15-6-9(5-14)7-16-12/h1-4,6-7H,5,8,14H2. The minimum absolute atomic E-state index is 0.224. The van der Waals surface area contributed by atoms with Crippen LogP contribution in [0.5, 0.6) is 0 Å². The van der Waals surface area contributed by atoms with Gasteiger partial charge >= 0.3 is 0 Å². The van der Waals surface area contributed by atoms with E-state index < -0.39 is 0 Å². The van der Waals surface area contributed by atoms with E-state index in [4.69, 9.17) is 5.73 Å².